The van der Waals surface area contributed by atoms with Crippen molar-refractivity contribution in [2.24, 2.45) is 0 Å². The van der Waals surface area contributed by atoms with Crippen molar-refractivity contribution in [2.45, 2.75) is 13.3 Å². The van der Waals surface area contributed by atoms with Gasteiger partial charge in [0.2, 0.25) is 0 Å². The molecule has 1 aliphatic heterocycles. The largest absolute Gasteiger partial charge is 0.507 e. The molecule has 1 aliphatic rings. The minimum atomic E-state index is -0.0742. The van der Waals surface area contributed by atoms with E-state index in [2.05, 4.69) is 5.32 Å². The lowest BCUT2D eigenvalue weighted by atomic mass is 10.1. The van der Waals surface area contributed by atoms with Crippen LogP contribution in [0.1, 0.15) is 22.3 Å². The maximum Gasteiger partial charge on any atom is 0.257 e. The monoisotopic (exact) mass is 234 g/mol. The van der Waals surface area contributed by atoms with E-state index in [1.807, 2.05) is 6.92 Å². The van der Waals surface area contributed by atoms with Crippen molar-refractivity contribution < 1.29 is 9.90 Å². The number of rotatable bonds is 1. The summed E-state index contributed by atoms with van der Waals surface area (Å²) in [6.45, 7) is 5.13. The van der Waals surface area contributed by atoms with Crippen LogP contribution in [-0.4, -0.2) is 42.1 Å². The minimum Gasteiger partial charge on any atom is -0.507 e. The molecule has 17 heavy (non-hydrogen) atoms. The quantitative estimate of drug-likeness (QED) is 0.766. The van der Waals surface area contributed by atoms with Crippen LogP contribution in [0.3, 0.4) is 0 Å². The number of phenolic OH excluding ortho intramolecular Hbond substituents is 1. The smallest absolute Gasteiger partial charge is 0.257 e. The highest BCUT2D eigenvalue weighted by Gasteiger charge is 2.19. The van der Waals surface area contributed by atoms with Gasteiger partial charge in [0.1, 0.15) is 5.75 Å². The summed E-state index contributed by atoms with van der Waals surface area (Å²) in [5.41, 5.74) is 1.39. The number of benzene rings is 1. The standard InChI is InChI=1S/C13H18N2O2/c1-10-3-4-12(16)11(9-10)13(17)15-7-2-5-14-6-8-15/h3-4,9,14,16H,2,5-8H2,1H3. The summed E-state index contributed by atoms with van der Waals surface area (Å²) in [4.78, 5) is 14.1. The topological polar surface area (TPSA) is 52.6 Å². The van der Waals surface area contributed by atoms with E-state index in [0.717, 1.165) is 31.6 Å². The Bertz CT molecular complexity index is 410. The Kier molecular flexibility index (Phi) is 3.64. The molecule has 0 atom stereocenters. The van der Waals surface area contributed by atoms with Crippen molar-refractivity contribution in [3.8, 4) is 5.75 Å². The third-order valence-electron chi connectivity index (χ3n) is 3.01. The number of hydrogen-bond donors (Lipinski definition) is 2. The summed E-state index contributed by atoms with van der Waals surface area (Å²) in [5, 5.41) is 13.0. The molecular weight excluding hydrogens is 216 g/mol. The number of nitrogens with zero attached hydrogens (tertiary/aromatic N) is 1. The van der Waals surface area contributed by atoms with E-state index in [-0.39, 0.29) is 11.7 Å². The van der Waals surface area contributed by atoms with Crippen LogP contribution >= 0.6 is 0 Å². The van der Waals surface area contributed by atoms with Crippen LogP contribution in [0.15, 0.2) is 18.2 Å². The Labute approximate surface area is 101 Å². The molecular formula is C13H18N2O2. The molecule has 0 saturated carbocycles. The molecule has 92 valence electrons. The Morgan fingerprint density at radius 3 is 3.00 bits per heavy atom. The summed E-state index contributed by atoms with van der Waals surface area (Å²) in [6, 6.07) is 5.13. The fraction of sp³-hybridized carbons (Fsp3) is 0.462. The Morgan fingerprint density at radius 2 is 2.18 bits per heavy atom. The molecule has 1 aromatic carbocycles. The molecule has 1 saturated heterocycles. The third-order valence-corrected chi connectivity index (χ3v) is 3.01. The zero-order valence-corrected chi connectivity index (χ0v) is 10.1. The third kappa shape index (κ3) is 2.77. The molecule has 1 fully saturated rings. The van der Waals surface area contributed by atoms with Crippen LogP contribution in [0.25, 0.3) is 0 Å². The number of aryl methyl sites for hydroxylation is 1. The summed E-state index contributed by atoms with van der Waals surface area (Å²) in [7, 11) is 0. The first kappa shape index (κ1) is 11.9. The molecule has 0 radical (unpaired) electrons. The van der Waals surface area contributed by atoms with Gasteiger partial charge < -0.3 is 15.3 Å². The number of phenols is 1. The minimum absolute atomic E-state index is 0.0674. The molecule has 0 unspecified atom stereocenters. The lowest BCUT2D eigenvalue weighted by Gasteiger charge is -2.20. The van der Waals surface area contributed by atoms with Crippen LogP contribution in [0.5, 0.6) is 5.75 Å². The van der Waals surface area contributed by atoms with Crippen molar-refractivity contribution in [3.05, 3.63) is 29.3 Å². The molecule has 0 spiro atoms. The van der Waals surface area contributed by atoms with Gasteiger partial charge in [-0.1, -0.05) is 11.6 Å². The van der Waals surface area contributed by atoms with Crippen molar-refractivity contribution in [2.75, 3.05) is 26.2 Å². The maximum absolute atomic E-state index is 12.3. The normalized spacial score (nSPS) is 16.6. The van der Waals surface area contributed by atoms with Gasteiger partial charge in [-0.2, -0.15) is 0 Å². The van der Waals surface area contributed by atoms with Crippen LogP contribution in [0.4, 0.5) is 0 Å². The predicted molar refractivity (Wildman–Crippen MR) is 66.2 cm³/mol. The number of aromatic hydroxyl groups is 1. The number of nitrogens with one attached hydrogen (secondary N) is 1. The lowest BCUT2D eigenvalue weighted by molar-refractivity contribution is 0.0763. The fourth-order valence-electron chi connectivity index (χ4n) is 2.04. The van der Waals surface area contributed by atoms with E-state index < -0.39 is 0 Å². The average Bonchev–Trinajstić information content (AvgIpc) is 2.60. The van der Waals surface area contributed by atoms with Gasteiger partial charge in [-0.3, -0.25) is 4.79 Å². The molecule has 0 aliphatic carbocycles. The van der Waals surface area contributed by atoms with E-state index in [0.29, 0.717) is 12.1 Å². The predicted octanol–water partition coefficient (Wildman–Crippen LogP) is 1.14. The van der Waals surface area contributed by atoms with Gasteiger partial charge in [-0.05, 0) is 32.0 Å². The molecule has 1 heterocycles. The number of hydrogen-bond acceptors (Lipinski definition) is 3. The number of amides is 1. The van der Waals surface area contributed by atoms with Crippen molar-refractivity contribution >= 4 is 5.91 Å². The molecule has 1 amide bonds. The van der Waals surface area contributed by atoms with Crippen molar-refractivity contribution in [1.82, 2.24) is 10.2 Å². The Hall–Kier alpha value is -1.55. The van der Waals surface area contributed by atoms with Gasteiger partial charge in [0.25, 0.3) is 5.91 Å². The van der Waals surface area contributed by atoms with Gasteiger partial charge in [0, 0.05) is 19.6 Å². The lowest BCUT2D eigenvalue weighted by Crippen LogP contribution is -2.34. The summed E-state index contributed by atoms with van der Waals surface area (Å²) < 4.78 is 0. The van der Waals surface area contributed by atoms with Gasteiger partial charge >= 0.3 is 0 Å². The summed E-state index contributed by atoms with van der Waals surface area (Å²) in [5.74, 6) is -0.00675. The molecule has 2 N–H and O–H groups in total. The number of carbonyl (C=O) groups excluding carboxylic acids is 1. The van der Waals surface area contributed by atoms with Gasteiger partial charge in [-0.25, -0.2) is 0 Å². The first-order chi connectivity index (χ1) is 8.18. The molecule has 2 rings (SSSR count). The molecule has 0 bridgehead atoms. The second-order valence-electron chi connectivity index (χ2n) is 4.42. The van der Waals surface area contributed by atoms with Crippen molar-refractivity contribution in [3.63, 3.8) is 0 Å². The molecule has 4 heteroatoms. The molecule has 4 nitrogen and oxygen atoms in total. The van der Waals surface area contributed by atoms with E-state index in [9.17, 15) is 9.90 Å². The Balaban J connectivity index is 2.20. The van der Waals surface area contributed by atoms with Gasteiger partial charge in [0.15, 0.2) is 0 Å². The molecule has 1 aromatic rings. The van der Waals surface area contributed by atoms with Crippen molar-refractivity contribution in [1.29, 1.82) is 0 Å². The zero-order valence-electron chi connectivity index (χ0n) is 10.1. The first-order valence-electron chi connectivity index (χ1n) is 5.98. The highest BCUT2D eigenvalue weighted by molar-refractivity contribution is 5.97. The van der Waals surface area contributed by atoms with Crippen LogP contribution in [0, 0.1) is 6.92 Å². The van der Waals surface area contributed by atoms with Gasteiger partial charge in [0.05, 0.1) is 5.56 Å². The zero-order chi connectivity index (χ0) is 12.3. The van der Waals surface area contributed by atoms with Crippen LogP contribution in [0.2, 0.25) is 0 Å². The second kappa shape index (κ2) is 5.19. The van der Waals surface area contributed by atoms with E-state index in [1.165, 1.54) is 0 Å². The first-order valence-corrected chi connectivity index (χ1v) is 5.98. The molecule has 0 aromatic heterocycles. The highest BCUT2D eigenvalue weighted by atomic mass is 16.3. The highest BCUT2D eigenvalue weighted by Crippen LogP contribution is 2.20. The van der Waals surface area contributed by atoms with E-state index in [4.69, 9.17) is 0 Å². The van der Waals surface area contributed by atoms with Crippen LogP contribution < -0.4 is 5.32 Å². The average molecular weight is 234 g/mol. The van der Waals surface area contributed by atoms with E-state index >= 15 is 0 Å². The summed E-state index contributed by atoms with van der Waals surface area (Å²) >= 11 is 0. The fourth-order valence-corrected chi connectivity index (χ4v) is 2.04. The number of carbonyl (C=O) groups is 1. The Morgan fingerprint density at radius 1 is 1.35 bits per heavy atom. The maximum atomic E-state index is 12.3. The van der Waals surface area contributed by atoms with Gasteiger partial charge in [-0.15, -0.1) is 0 Å². The SMILES string of the molecule is Cc1ccc(O)c(C(=O)N2CCCNCC2)c1. The van der Waals surface area contributed by atoms with Crippen LogP contribution in [-0.2, 0) is 0 Å². The van der Waals surface area contributed by atoms with E-state index in [1.54, 1.807) is 23.1 Å². The second-order valence-corrected chi connectivity index (χ2v) is 4.42. The summed E-state index contributed by atoms with van der Waals surface area (Å²) in [6.07, 6.45) is 0.957.